The van der Waals surface area contributed by atoms with Crippen LogP contribution in [0.3, 0.4) is 0 Å². The number of esters is 2. The largest absolute Gasteiger partial charge is 0.419 e. The minimum atomic E-state index is -5.90. The van der Waals surface area contributed by atoms with Crippen molar-refractivity contribution in [3.05, 3.63) is 0 Å². The number of carbonyl (C=O) groups excluding carboxylic acids is 2. The van der Waals surface area contributed by atoms with Gasteiger partial charge < -0.3 is 4.74 Å². The molecule has 0 N–H and O–H groups in total. The first-order valence-electron chi connectivity index (χ1n) is 3.71. The molecule has 0 bridgehead atoms. The molecule has 0 rings (SSSR count). The first kappa shape index (κ1) is 18.2. The van der Waals surface area contributed by atoms with E-state index in [4.69, 9.17) is 0 Å². The Morgan fingerprint density at radius 3 is 1.05 bits per heavy atom. The van der Waals surface area contributed by atoms with Crippen LogP contribution in [0.2, 0.25) is 0 Å². The van der Waals surface area contributed by atoms with Crippen molar-refractivity contribution in [3.63, 3.8) is 0 Å². The third-order valence-corrected chi connectivity index (χ3v) is 1.88. The summed E-state index contributed by atoms with van der Waals surface area (Å²) in [5.74, 6) is -18.9. The predicted octanol–water partition coefficient (Wildman–Crippen LogP) is 2.99. The quantitative estimate of drug-likeness (QED) is 0.341. The minimum Gasteiger partial charge on any atom is -0.384 e. The Bertz CT molecular complexity index is 349. The van der Waals surface area contributed by atoms with Gasteiger partial charge in [0.25, 0.3) is 0 Å². The molecular formula is C6Cl2F8O3. The normalized spacial score (nSPS) is 14.2. The molecule has 0 radical (unpaired) electrons. The number of hydrogen-bond acceptors (Lipinski definition) is 3. The van der Waals surface area contributed by atoms with Gasteiger partial charge in [0, 0.05) is 0 Å². The van der Waals surface area contributed by atoms with Gasteiger partial charge in [0.1, 0.15) is 0 Å². The second-order valence-corrected chi connectivity index (χ2v) is 3.77. The number of carbonyl (C=O) groups is 2. The van der Waals surface area contributed by atoms with Gasteiger partial charge in [-0.1, -0.05) is 0 Å². The summed E-state index contributed by atoms with van der Waals surface area (Å²) in [6.07, 6.45) is 0. The maximum atomic E-state index is 12.4. The molecule has 0 aliphatic heterocycles. The Morgan fingerprint density at radius 1 is 0.684 bits per heavy atom. The second kappa shape index (κ2) is 4.93. The second-order valence-electron chi connectivity index (χ2n) is 2.82. The lowest BCUT2D eigenvalue weighted by molar-refractivity contribution is -0.223. The third kappa shape index (κ3) is 3.59. The van der Waals surface area contributed by atoms with Gasteiger partial charge in [-0.05, 0) is 23.2 Å². The molecular weight excluding hydrogens is 343 g/mol. The van der Waals surface area contributed by atoms with Crippen molar-refractivity contribution < 1.29 is 49.4 Å². The van der Waals surface area contributed by atoms with E-state index in [2.05, 4.69) is 27.9 Å². The van der Waals surface area contributed by atoms with E-state index in [1.807, 2.05) is 0 Å². The molecule has 0 saturated carbocycles. The van der Waals surface area contributed by atoms with Crippen molar-refractivity contribution >= 4 is 35.1 Å². The molecule has 0 spiro atoms. The molecule has 0 aliphatic rings. The molecule has 0 aromatic heterocycles. The van der Waals surface area contributed by atoms with E-state index >= 15 is 0 Å². The highest BCUT2D eigenvalue weighted by Crippen LogP contribution is 2.41. The van der Waals surface area contributed by atoms with Gasteiger partial charge in [-0.25, -0.2) is 9.59 Å². The van der Waals surface area contributed by atoms with Crippen LogP contribution >= 0.6 is 23.2 Å². The van der Waals surface area contributed by atoms with E-state index in [1.54, 1.807) is 0 Å². The summed E-state index contributed by atoms with van der Waals surface area (Å²) in [7, 11) is 0. The number of hydrogen-bond donors (Lipinski definition) is 0. The van der Waals surface area contributed by atoms with Crippen LogP contribution in [0.1, 0.15) is 0 Å². The van der Waals surface area contributed by atoms with Crippen LogP contribution in [-0.2, 0) is 14.3 Å². The van der Waals surface area contributed by atoms with E-state index in [0.717, 1.165) is 0 Å². The van der Waals surface area contributed by atoms with Crippen LogP contribution < -0.4 is 0 Å². The molecule has 0 amide bonds. The zero-order valence-electron chi connectivity index (χ0n) is 8.00. The lowest BCUT2D eigenvalue weighted by Gasteiger charge is -2.21. The van der Waals surface area contributed by atoms with Gasteiger partial charge in [0.2, 0.25) is 0 Å². The average Bonchev–Trinajstić information content (AvgIpc) is 2.13. The van der Waals surface area contributed by atoms with Gasteiger partial charge in [0.05, 0.1) is 0 Å². The molecule has 0 unspecified atom stereocenters. The maximum Gasteiger partial charge on any atom is 0.419 e. The van der Waals surface area contributed by atoms with E-state index in [1.165, 1.54) is 0 Å². The third-order valence-electron chi connectivity index (χ3n) is 1.41. The van der Waals surface area contributed by atoms with Crippen molar-refractivity contribution in [2.24, 2.45) is 0 Å². The van der Waals surface area contributed by atoms with Crippen molar-refractivity contribution in [1.29, 1.82) is 0 Å². The Hall–Kier alpha value is -0.840. The van der Waals surface area contributed by atoms with E-state index in [-0.39, 0.29) is 0 Å². The van der Waals surface area contributed by atoms with Crippen molar-refractivity contribution in [2.75, 3.05) is 0 Å². The summed E-state index contributed by atoms with van der Waals surface area (Å²) in [4.78, 5) is 20.6. The molecule has 0 fully saturated rings. The summed E-state index contributed by atoms with van der Waals surface area (Å²) in [5.41, 5.74) is 0. The molecule has 112 valence electrons. The zero-order chi connectivity index (χ0) is 15.9. The molecule has 0 aromatic rings. The molecule has 0 aromatic carbocycles. The predicted molar refractivity (Wildman–Crippen MR) is 42.6 cm³/mol. The van der Waals surface area contributed by atoms with E-state index in [0.29, 0.717) is 0 Å². The van der Waals surface area contributed by atoms with Crippen molar-refractivity contribution in [3.8, 4) is 0 Å². The highest BCUT2D eigenvalue weighted by atomic mass is 35.5. The first-order chi connectivity index (χ1) is 8.05. The fourth-order valence-electron chi connectivity index (χ4n) is 0.444. The number of alkyl halides is 10. The van der Waals surface area contributed by atoms with Gasteiger partial charge in [-0.15, -0.1) is 0 Å². The van der Waals surface area contributed by atoms with E-state index in [9.17, 15) is 44.7 Å². The molecule has 0 aliphatic carbocycles. The maximum absolute atomic E-state index is 12.4. The van der Waals surface area contributed by atoms with Gasteiger partial charge in [-0.2, -0.15) is 35.1 Å². The minimum absolute atomic E-state index is 2.53. The van der Waals surface area contributed by atoms with Crippen molar-refractivity contribution in [2.45, 2.75) is 22.6 Å². The zero-order valence-corrected chi connectivity index (χ0v) is 9.52. The molecule has 13 heteroatoms. The average molecular weight is 343 g/mol. The fourth-order valence-corrected chi connectivity index (χ4v) is 0.598. The van der Waals surface area contributed by atoms with Crippen LogP contribution in [-0.4, -0.2) is 34.5 Å². The monoisotopic (exact) mass is 342 g/mol. The Labute approximate surface area is 108 Å². The van der Waals surface area contributed by atoms with Crippen LogP contribution in [0.5, 0.6) is 0 Å². The topological polar surface area (TPSA) is 43.4 Å². The molecule has 0 atom stereocenters. The van der Waals surface area contributed by atoms with Gasteiger partial charge in [-0.3, -0.25) is 0 Å². The number of halogens is 10. The summed E-state index contributed by atoms with van der Waals surface area (Å²) in [5, 5.41) is -11.2. The first-order valence-corrected chi connectivity index (χ1v) is 4.46. The molecule has 19 heavy (non-hydrogen) atoms. The van der Waals surface area contributed by atoms with Crippen LogP contribution in [0.15, 0.2) is 0 Å². The number of ether oxygens (including phenoxy) is 1. The Morgan fingerprint density at radius 2 is 0.895 bits per heavy atom. The summed E-state index contributed by atoms with van der Waals surface area (Å²) in [6, 6.07) is 0. The van der Waals surface area contributed by atoms with Crippen molar-refractivity contribution in [1.82, 2.24) is 0 Å². The summed E-state index contributed by atoms with van der Waals surface area (Å²) < 4.78 is 100.0. The van der Waals surface area contributed by atoms with Crippen LogP contribution in [0.4, 0.5) is 35.1 Å². The highest BCUT2D eigenvalue weighted by molar-refractivity contribution is 6.25. The van der Waals surface area contributed by atoms with Gasteiger partial charge in [0.15, 0.2) is 0 Å². The lowest BCUT2D eigenvalue weighted by atomic mass is 10.3. The summed E-state index contributed by atoms with van der Waals surface area (Å²) in [6.45, 7) is 0. The molecule has 3 nitrogen and oxygen atoms in total. The highest BCUT2D eigenvalue weighted by Gasteiger charge is 2.67. The number of rotatable bonds is 4. The fraction of sp³-hybridized carbons (Fsp3) is 0.667. The van der Waals surface area contributed by atoms with Crippen LogP contribution in [0.25, 0.3) is 0 Å². The SMILES string of the molecule is O=C(OC(=O)C(F)(F)C(F)(F)Cl)C(F)(F)C(F)(F)Cl. The lowest BCUT2D eigenvalue weighted by Crippen LogP contribution is -2.50. The van der Waals surface area contributed by atoms with E-state index < -0.39 is 34.5 Å². The van der Waals surface area contributed by atoms with Crippen LogP contribution in [0, 0.1) is 0 Å². The van der Waals surface area contributed by atoms with Gasteiger partial charge >= 0.3 is 34.5 Å². The Kier molecular flexibility index (Phi) is 4.71. The Balaban J connectivity index is 5.11. The smallest absolute Gasteiger partial charge is 0.384 e. The molecule has 0 heterocycles. The standard InChI is InChI=1S/C6Cl2F8O3/c7-5(13,14)3(9,10)1(17)19-2(18)4(11,12)6(8,15)16. The summed E-state index contributed by atoms with van der Waals surface area (Å²) >= 11 is 7.50. The molecule has 0 saturated heterocycles.